The van der Waals surface area contributed by atoms with Crippen LogP contribution in [0.15, 0.2) is 28.7 Å². The number of amides is 1. The highest BCUT2D eigenvalue weighted by molar-refractivity contribution is 5.98. The van der Waals surface area contributed by atoms with Crippen LogP contribution in [0.3, 0.4) is 0 Å². The summed E-state index contributed by atoms with van der Waals surface area (Å²) in [6.45, 7) is 7.82. The van der Waals surface area contributed by atoms with Crippen LogP contribution in [-0.2, 0) is 0 Å². The first kappa shape index (κ1) is 15.1. The first-order valence-corrected chi connectivity index (χ1v) is 8.18. The number of hydrogen-bond acceptors (Lipinski definition) is 3. The number of para-hydroxylation sites is 1. The maximum Gasteiger partial charge on any atom is 0.289 e. The minimum Gasteiger partial charge on any atom is -0.451 e. The highest BCUT2D eigenvalue weighted by Crippen LogP contribution is 2.27. The summed E-state index contributed by atoms with van der Waals surface area (Å²) in [5, 5.41) is 4.43. The molecule has 1 N–H and O–H groups in total. The van der Waals surface area contributed by atoms with Crippen molar-refractivity contribution in [3.8, 4) is 0 Å². The summed E-state index contributed by atoms with van der Waals surface area (Å²) in [6, 6.07) is 7.84. The first-order valence-electron chi connectivity index (χ1n) is 8.18. The molecule has 4 nitrogen and oxygen atoms in total. The van der Waals surface area contributed by atoms with Gasteiger partial charge in [0.2, 0.25) is 0 Å². The summed E-state index contributed by atoms with van der Waals surface area (Å²) in [5.41, 5.74) is 1.75. The van der Waals surface area contributed by atoms with Crippen LogP contribution in [0, 0.1) is 12.8 Å². The van der Waals surface area contributed by atoms with Crippen molar-refractivity contribution in [2.75, 3.05) is 26.2 Å². The van der Waals surface area contributed by atoms with Crippen molar-refractivity contribution in [1.29, 1.82) is 0 Å². The van der Waals surface area contributed by atoms with E-state index >= 15 is 0 Å². The van der Waals surface area contributed by atoms with E-state index in [0.717, 1.165) is 55.6 Å². The molecule has 1 aliphatic rings. The number of carbonyl (C=O) groups is 1. The van der Waals surface area contributed by atoms with Gasteiger partial charge in [-0.1, -0.05) is 25.1 Å². The van der Waals surface area contributed by atoms with Crippen molar-refractivity contribution >= 4 is 16.9 Å². The molecule has 118 valence electrons. The van der Waals surface area contributed by atoms with Gasteiger partial charge >= 0.3 is 0 Å². The number of furan rings is 1. The summed E-state index contributed by atoms with van der Waals surface area (Å²) in [7, 11) is 0. The number of rotatable bonds is 4. The van der Waals surface area contributed by atoms with Crippen LogP contribution < -0.4 is 5.32 Å². The Bertz CT molecular complexity index is 654. The lowest BCUT2D eigenvalue weighted by Crippen LogP contribution is -2.40. The number of nitrogens with one attached hydrogen (secondary N) is 1. The van der Waals surface area contributed by atoms with E-state index in [0.29, 0.717) is 11.7 Å². The SMILES string of the molecule is CCNCC1CCN(C(=O)c2oc3ccccc3c2C)CC1. The Morgan fingerprint density at radius 2 is 2.05 bits per heavy atom. The molecule has 0 saturated carbocycles. The highest BCUT2D eigenvalue weighted by Gasteiger charge is 2.27. The quantitative estimate of drug-likeness (QED) is 0.943. The third-order valence-electron chi connectivity index (χ3n) is 4.62. The minimum absolute atomic E-state index is 0.0376. The average Bonchev–Trinajstić information content (AvgIpc) is 2.90. The molecule has 22 heavy (non-hydrogen) atoms. The summed E-state index contributed by atoms with van der Waals surface area (Å²) >= 11 is 0. The number of likely N-dealkylation sites (tertiary alicyclic amines) is 1. The van der Waals surface area contributed by atoms with Gasteiger partial charge in [0.1, 0.15) is 5.58 Å². The van der Waals surface area contributed by atoms with Crippen LogP contribution in [0.4, 0.5) is 0 Å². The monoisotopic (exact) mass is 300 g/mol. The largest absolute Gasteiger partial charge is 0.451 e. The third kappa shape index (κ3) is 2.88. The molecule has 1 fully saturated rings. The zero-order valence-corrected chi connectivity index (χ0v) is 13.4. The molecular formula is C18H24N2O2. The second-order valence-electron chi connectivity index (χ2n) is 6.10. The van der Waals surface area contributed by atoms with Gasteiger partial charge in [-0.2, -0.15) is 0 Å². The van der Waals surface area contributed by atoms with Crippen molar-refractivity contribution in [2.45, 2.75) is 26.7 Å². The number of hydrogen-bond donors (Lipinski definition) is 1. The molecule has 0 radical (unpaired) electrons. The highest BCUT2D eigenvalue weighted by atomic mass is 16.3. The molecule has 1 amide bonds. The number of carbonyl (C=O) groups excluding carboxylic acids is 1. The predicted molar refractivity (Wildman–Crippen MR) is 88.1 cm³/mol. The minimum atomic E-state index is 0.0376. The predicted octanol–water partition coefficient (Wildman–Crippen LogP) is 3.20. The molecule has 1 saturated heterocycles. The van der Waals surface area contributed by atoms with E-state index in [1.807, 2.05) is 36.1 Å². The summed E-state index contributed by atoms with van der Waals surface area (Å²) in [5.74, 6) is 1.22. The first-order chi connectivity index (χ1) is 10.7. The van der Waals surface area contributed by atoms with Gasteiger partial charge < -0.3 is 14.6 Å². The third-order valence-corrected chi connectivity index (χ3v) is 4.62. The zero-order chi connectivity index (χ0) is 15.5. The van der Waals surface area contributed by atoms with E-state index < -0.39 is 0 Å². The van der Waals surface area contributed by atoms with Crippen LogP contribution in [0.1, 0.15) is 35.9 Å². The molecule has 4 heteroatoms. The normalized spacial score (nSPS) is 16.4. The standard InChI is InChI=1S/C18H24N2O2/c1-3-19-12-14-8-10-20(11-9-14)18(21)17-13(2)15-6-4-5-7-16(15)22-17/h4-7,14,19H,3,8-12H2,1-2H3. The Kier molecular flexibility index (Phi) is 4.48. The topological polar surface area (TPSA) is 45.5 Å². The molecule has 2 aromatic rings. The van der Waals surface area contributed by atoms with Gasteiger partial charge in [-0.05, 0) is 44.8 Å². The molecule has 1 aliphatic heterocycles. The Labute approximate surface area is 131 Å². The van der Waals surface area contributed by atoms with Crippen LogP contribution >= 0.6 is 0 Å². The second kappa shape index (κ2) is 6.53. The summed E-state index contributed by atoms with van der Waals surface area (Å²) in [4.78, 5) is 14.7. The van der Waals surface area contributed by atoms with E-state index in [2.05, 4.69) is 12.2 Å². The van der Waals surface area contributed by atoms with Gasteiger partial charge in [-0.3, -0.25) is 4.79 Å². The number of benzene rings is 1. The molecule has 0 spiro atoms. The summed E-state index contributed by atoms with van der Waals surface area (Å²) in [6.07, 6.45) is 2.13. The van der Waals surface area contributed by atoms with E-state index in [4.69, 9.17) is 4.42 Å². The number of aryl methyl sites for hydroxylation is 1. The van der Waals surface area contributed by atoms with E-state index in [1.165, 1.54) is 0 Å². The lowest BCUT2D eigenvalue weighted by atomic mass is 9.96. The van der Waals surface area contributed by atoms with E-state index in [9.17, 15) is 4.79 Å². The lowest BCUT2D eigenvalue weighted by molar-refractivity contribution is 0.0659. The van der Waals surface area contributed by atoms with Gasteiger partial charge in [0.25, 0.3) is 5.91 Å². The molecule has 0 bridgehead atoms. The van der Waals surface area contributed by atoms with Gasteiger partial charge in [0, 0.05) is 24.0 Å². The maximum atomic E-state index is 12.7. The van der Waals surface area contributed by atoms with Crippen molar-refractivity contribution in [3.05, 3.63) is 35.6 Å². The van der Waals surface area contributed by atoms with Crippen LogP contribution in [0.25, 0.3) is 11.0 Å². The molecule has 1 aromatic heterocycles. The number of piperidine rings is 1. The Morgan fingerprint density at radius 3 is 2.73 bits per heavy atom. The van der Waals surface area contributed by atoms with Gasteiger partial charge in [-0.25, -0.2) is 0 Å². The zero-order valence-electron chi connectivity index (χ0n) is 13.4. The number of nitrogens with zero attached hydrogens (tertiary/aromatic N) is 1. The molecule has 0 unspecified atom stereocenters. The van der Waals surface area contributed by atoms with Gasteiger partial charge in [-0.15, -0.1) is 0 Å². The Hall–Kier alpha value is -1.81. The Balaban J connectivity index is 1.70. The molecule has 1 aromatic carbocycles. The lowest BCUT2D eigenvalue weighted by Gasteiger charge is -2.31. The average molecular weight is 300 g/mol. The van der Waals surface area contributed by atoms with Crippen molar-refractivity contribution in [1.82, 2.24) is 10.2 Å². The molecule has 0 aliphatic carbocycles. The van der Waals surface area contributed by atoms with E-state index in [1.54, 1.807) is 0 Å². The second-order valence-corrected chi connectivity index (χ2v) is 6.10. The fourth-order valence-electron chi connectivity index (χ4n) is 3.21. The van der Waals surface area contributed by atoms with Gasteiger partial charge in [0.15, 0.2) is 5.76 Å². The fourth-order valence-corrected chi connectivity index (χ4v) is 3.21. The van der Waals surface area contributed by atoms with Crippen LogP contribution in [-0.4, -0.2) is 37.0 Å². The molecular weight excluding hydrogens is 276 g/mol. The smallest absolute Gasteiger partial charge is 0.289 e. The van der Waals surface area contributed by atoms with Gasteiger partial charge in [0.05, 0.1) is 0 Å². The van der Waals surface area contributed by atoms with Crippen LogP contribution in [0.2, 0.25) is 0 Å². The summed E-state index contributed by atoms with van der Waals surface area (Å²) < 4.78 is 5.80. The molecule has 0 atom stereocenters. The Morgan fingerprint density at radius 1 is 1.32 bits per heavy atom. The van der Waals surface area contributed by atoms with E-state index in [-0.39, 0.29) is 5.91 Å². The number of fused-ring (bicyclic) bond motifs is 1. The van der Waals surface area contributed by atoms with Crippen molar-refractivity contribution in [2.24, 2.45) is 5.92 Å². The maximum absolute atomic E-state index is 12.7. The molecule has 3 rings (SSSR count). The van der Waals surface area contributed by atoms with Crippen molar-refractivity contribution in [3.63, 3.8) is 0 Å². The van der Waals surface area contributed by atoms with Crippen LogP contribution in [0.5, 0.6) is 0 Å². The van der Waals surface area contributed by atoms with Crippen molar-refractivity contribution < 1.29 is 9.21 Å². The molecule has 2 heterocycles. The fraction of sp³-hybridized carbons (Fsp3) is 0.500.